The number of nitrogens with one attached hydrogen (secondary N) is 2. The van der Waals surface area contributed by atoms with E-state index in [0.29, 0.717) is 13.2 Å². The lowest BCUT2D eigenvalue weighted by atomic mass is 10.2. The molecule has 0 unspecified atom stereocenters. The van der Waals surface area contributed by atoms with Gasteiger partial charge in [0.15, 0.2) is 0 Å². The number of carbonyl (C=O) groups excluding carboxylic acids is 2. The number of aryl methyl sites for hydroxylation is 1. The van der Waals surface area contributed by atoms with E-state index in [0.717, 1.165) is 16.9 Å². The van der Waals surface area contributed by atoms with Gasteiger partial charge in [0.2, 0.25) is 0 Å². The maximum absolute atomic E-state index is 11.7. The summed E-state index contributed by atoms with van der Waals surface area (Å²) in [7, 11) is 0. The van der Waals surface area contributed by atoms with Crippen molar-refractivity contribution in [2.45, 2.75) is 13.5 Å². The Bertz CT molecular complexity index is 639. The maximum Gasteiger partial charge on any atom is 0.309 e. The third kappa shape index (κ3) is 5.82. The Morgan fingerprint density at radius 3 is 2.26 bits per heavy atom. The second kappa shape index (κ2) is 8.58. The van der Waals surface area contributed by atoms with Crippen LogP contribution in [0.2, 0.25) is 0 Å². The SMILES string of the molecule is Cc1ccc(OCCNC(=O)C(=O)NCc2ccccc2)cc1. The fourth-order valence-electron chi connectivity index (χ4n) is 1.91. The van der Waals surface area contributed by atoms with Crippen LogP contribution in [-0.4, -0.2) is 25.0 Å². The highest BCUT2D eigenvalue weighted by molar-refractivity contribution is 6.35. The second-order valence-corrected chi connectivity index (χ2v) is 5.09. The molecule has 5 heteroatoms. The summed E-state index contributed by atoms with van der Waals surface area (Å²) in [5, 5.41) is 5.10. The number of ether oxygens (including phenoxy) is 1. The van der Waals surface area contributed by atoms with Crippen LogP contribution < -0.4 is 15.4 Å². The molecule has 0 bridgehead atoms. The van der Waals surface area contributed by atoms with E-state index < -0.39 is 11.8 Å². The third-order valence-corrected chi connectivity index (χ3v) is 3.18. The van der Waals surface area contributed by atoms with Crippen LogP contribution >= 0.6 is 0 Å². The van der Waals surface area contributed by atoms with Gasteiger partial charge in [-0.05, 0) is 24.6 Å². The molecule has 0 heterocycles. The predicted molar refractivity (Wildman–Crippen MR) is 88.0 cm³/mol. The monoisotopic (exact) mass is 312 g/mol. The molecule has 2 rings (SSSR count). The van der Waals surface area contributed by atoms with Crippen LogP contribution in [0.1, 0.15) is 11.1 Å². The van der Waals surface area contributed by atoms with Gasteiger partial charge in [-0.1, -0.05) is 48.0 Å². The summed E-state index contributed by atoms with van der Waals surface area (Å²) in [5.74, 6) is -0.573. The smallest absolute Gasteiger partial charge is 0.309 e. The fourth-order valence-corrected chi connectivity index (χ4v) is 1.91. The highest BCUT2D eigenvalue weighted by atomic mass is 16.5. The van der Waals surface area contributed by atoms with Gasteiger partial charge in [-0.2, -0.15) is 0 Å². The van der Waals surface area contributed by atoms with Gasteiger partial charge in [0.25, 0.3) is 0 Å². The molecular formula is C18H20N2O3. The number of amides is 2. The molecule has 0 saturated heterocycles. The molecule has 0 fully saturated rings. The average molecular weight is 312 g/mol. The zero-order chi connectivity index (χ0) is 16.5. The minimum atomic E-state index is -0.659. The van der Waals surface area contributed by atoms with E-state index in [4.69, 9.17) is 4.74 Å². The van der Waals surface area contributed by atoms with Crippen LogP contribution in [0, 0.1) is 6.92 Å². The van der Waals surface area contributed by atoms with E-state index in [1.165, 1.54) is 0 Å². The highest BCUT2D eigenvalue weighted by Crippen LogP contribution is 2.10. The summed E-state index contributed by atoms with van der Waals surface area (Å²) in [4.78, 5) is 23.3. The summed E-state index contributed by atoms with van der Waals surface area (Å²) in [6, 6.07) is 17.0. The molecule has 0 radical (unpaired) electrons. The van der Waals surface area contributed by atoms with Gasteiger partial charge >= 0.3 is 11.8 Å². The Morgan fingerprint density at radius 1 is 0.913 bits per heavy atom. The second-order valence-electron chi connectivity index (χ2n) is 5.09. The minimum Gasteiger partial charge on any atom is -0.492 e. The topological polar surface area (TPSA) is 67.4 Å². The van der Waals surface area contributed by atoms with Crippen molar-refractivity contribution in [1.29, 1.82) is 0 Å². The standard InChI is InChI=1S/C18H20N2O3/c1-14-7-9-16(10-8-14)23-12-11-19-17(21)18(22)20-13-15-5-3-2-4-6-15/h2-10H,11-13H2,1H3,(H,19,21)(H,20,22). The van der Waals surface area contributed by atoms with Gasteiger partial charge in [-0.25, -0.2) is 0 Å². The van der Waals surface area contributed by atoms with Crippen molar-refractivity contribution in [1.82, 2.24) is 10.6 Å². The van der Waals surface area contributed by atoms with Crippen molar-refractivity contribution in [2.24, 2.45) is 0 Å². The molecule has 0 spiro atoms. The quantitative estimate of drug-likeness (QED) is 0.631. The number of benzene rings is 2. The van der Waals surface area contributed by atoms with Crippen molar-refractivity contribution in [3.05, 3.63) is 65.7 Å². The summed E-state index contributed by atoms with van der Waals surface area (Å²) in [6.07, 6.45) is 0. The van der Waals surface area contributed by atoms with E-state index in [1.54, 1.807) is 0 Å². The van der Waals surface area contributed by atoms with Crippen molar-refractivity contribution < 1.29 is 14.3 Å². The number of hydrogen-bond acceptors (Lipinski definition) is 3. The summed E-state index contributed by atoms with van der Waals surface area (Å²) in [5.41, 5.74) is 2.09. The Hall–Kier alpha value is -2.82. The maximum atomic E-state index is 11.7. The lowest BCUT2D eigenvalue weighted by Gasteiger charge is -2.08. The molecule has 2 aromatic carbocycles. The molecule has 5 nitrogen and oxygen atoms in total. The molecule has 2 N–H and O–H groups in total. The predicted octanol–water partition coefficient (Wildman–Crippen LogP) is 1.81. The van der Waals surface area contributed by atoms with Gasteiger partial charge < -0.3 is 15.4 Å². The van der Waals surface area contributed by atoms with Crippen molar-refractivity contribution in [2.75, 3.05) is 13.2 Å². The molecule has 0 atom stereocenters. The molecular weight excluding hydrogens is 292 g/mol. The van der Waals surface area contributed by atoms with Crippen molar-refractivity contribution in [3.63, 3.8) is 0 Å². The van der Waals surface area contributed by atoms with Crippen LogP contribution in [0.3, 0.4) is 0 Å². The molecule has 0 saturated carbocycles. The van der Waals surface area contributed by atoms with Gasteiger partial charge in [0.05, 0.1) is 6.54 Å². The van der Waals surface area contributed by atoms with Crippen molar-refractivity contribution >= 4 is 11.8 Å². The van der Waals surface area contributed by atoms with Crippen LogP contribution in [0.15, 0.2) is 54.6 Å². The number of hydrogen-bond donors (Lipinski definition) is 2. The Labute approximate surface area is 135 Å². The molecule has 0 aliphatic carbocycles. The zero-order valence-corrected chi connectivity index (χ0v) is 13.0. The van der Waals surface area contributed by atoms with Crippen molar-refractivity contribution in [3.8, 4) is 5.75 Å². The van der Waals surface area contributed by atoms with Gasteiger partial charge in [0, 0.05) is 6.54 Å². The normalized spacial score (nSPS) is 9.96. The molecule has 23 heavy (non-hydrogen) atoms. The van der Waals surface area contributed by atoms with Crippen LogP contribution in [0.4, 0.5) is 0 Å². The van der Waals surface area contributed by atoms with E-state index in [2.05, 4.69) is 10.6 Å². The first kappa shape index (κ1) is 16.5. The summed E-state index contributed by atoms with van der Waals surface area (Å²) >= 11 is 0. The molecule has 2 amide bonds. The van der Waals surface area contributed by atoms with Gasteiger partial charge in [0.1, 0.15) is 12.4 Å². The molecule has 0 aromatic heterocycles. The minimum absolute atomic E-state index is 0.269. The van der Waals surface area contributed by atoms with E-state index in [-0.39, 0.29) is 6.54 Å². The van der Waals surface area contributed by atoms with Crippen LogP contribution in [0.5, 0.6) is 5.75 Å². The van der Waals surface area contributed by atoms with E-state index in [9.17, 15) is 9.59 Å². The summed E-state index contributed by atoms with van der Waals surface area (Å²) < 4.78 is 5.47. The first-order chi connectivity index (χ1) is 11.1. The lowest BCUT2D eigenvalue weighted by molar-refractivity contribution is -0.139. The fraction of sp³-hybridized carbons (Fsp3) is 0.222. The molecule has 2 aromatic rings. The van der Waals surface area contributed by atoms with Crippen LogP contribution in [-0.2, 0) is 16.1 Å². The molecule has 120 valence electrons. The number of rotatable bonds is 6. The Kier molecular flexibility index (Phi) is 6.17. The largest absolute Gasteiger partial charge is 0.492 e. The average Bonchev–Trinajstić information content (AvgIpc) is 2.59. The molecule has 0 aliphatic rings. The van der Waals surface area contributed by atoms with Crippen LogP contribution in [0.25, 0.3) is 0 Å². The third-order valence-electron chi connectivity index (χ3n) is 3.18. The highest BCUT2D eigenvalue weighted by Gasteiger charge is 2.12. The zero-order valence-electron chi connectivity index (χ0n) is 13.0. The first-order valence-electron chi connectivity index (χ1n) is 7.44. The van der Waals surface area contributed by atoms with Gasteiger partial charge in [-0.15, -0.1) is 0 Å². The lowest BCUT2D eigenvalue weighted by Crippen LogP contribution is -2.41. The first-order valence-corrected chi connectivity index (χ1v) is 7.44. The van der Waals surface area contributed by atoms with E-state index >= 15 is 0 Å². The number of carbonyl (C=O) groups is 2. The Balaban J connectivity index is 1.64. The summed E-state index contributed by atoms with van der Waals surface area (Å²) in [6.45, 7) is 2.90. The Morgan fingerprint density at radius 2 is 1.57 bits per heavy atom. The van der Waals surface area contributed by atoms with Gasteiger partial charge in [-0.3, -0.25) is 9.59 Å². The van der Waals surface area contributed by atoms with E-state index in [1.807, 2.05) is 61.5 Å². The molecule has 0 aliphatic heterocycles.